The van der Waals surface area contributed by atoms with E-state index >= 15 is 0 Å². The van der Waals surface area contributed by atoms with Gasteiger partial charge in [-0.15, -0.1) is 0 Å². The van der Waals surface area contributed by atoms with Crippen molar-refractivity contribution < 1.29 is 23.8 Å². The van der Waals surface area contributed by atoms with E-state index in [0.29, 0.717) is 36.8 Å². The van der Waals surface area contributed by atoms with E-state index in [0.717, 1.165) is 12.8 Å². The molecular weight excluding hydrogens is 370 g/mol. The topological polar surface area (TPSA) is 97.9 Å². The number of carbonyl (C=O) groups excluding carboxylic acids is 2. The molecule has 1 aliphatic rings. The van der Waals surface area contributed by atoms with Crippen LogP contribution in [0.5, 0.6) is 11.5 Å². The van der Waals surface area contributed by atoms with Crippen molar-refractivity contribution in [3.63, 3.8) is 0 Å². The third-order valence-electron chi connectivity index (χ3n) is 3.88. The Balaban J connectivity index is 1.80. The summed E-state index contributed by atoms with van der Waals surface area (Å²) in [4.78, 5) is 23.8. The standard InChI is InChI=1S/C18H25N3O5S/c1-3-4-5-13(17(23)24-2)21-16(22)11-19-18(27)20-12-6-7-14-15(10-12)26-9-8-25-14/h6-7,10,13H,3-5,8-9,11H2,1-2H3,(H,21,22)(H2,19,20,27). The molecule has 1 unspecified atom stereocenters. The summed E-state index contributed by atoms with van der Waals surface area (Å²) >= 11 is 5.20. The summed E-state index contributed by atoms with van der Waals surface area (Å²) in [5, 5.41) is 8.74. The van der Waals surface area contributed by atoms with E-state index < -0.39 is 12.0 Å². The molecule has 0 bridgehead atoms. The highest BCUT2D eigenvalue weighted by molar-refractivity contribution is 7.80. The maximum Gasteiger partial charge on any atom is 0.328 e. The predicted molar refractivity (Wildman–Crippen MR) is 105 cm³/mol. The van der Waals surface area contributed by atoms with Crippen molar-refractivity contribution in [2.75, 3.05) is 32.2 Å². The van der Waals surface area contributed by atoms with Gasteiger partial charge < -0.3 is 30.2 Å². The molecule has 1 aliphatic heterocycles. The number of anilines is 1. The number of amides is 1. The number of rotatable bonds is 8. The molecule has 0 spiro atoms. The minimum absolute atomic E-state index is 0.0595. The maximum absolute atomic E-state index is 12.1. The minimum atomic E-state index is -0.649. The van der Waals surface area contributed by atoms with Crippen LogP contribution in [0.2, 0.25) is 0 Å². The molecule has 0 saturated carbocycles. The lowest BCUT2D eigenvalue weighted by Gasteiger charge is -2.19. The first kappa shape index (κ1) is 20.8. The lowest BCUT2D eigenvalue weighted by molar-refractivity contribution is -0.145. The number of methoxy groups -OCH3 is 1. The summed E-state index contributed by atoms with van der Waals surface area (Å²) in [5.74, 6) is 0.538. The highest BCUT2D eigenvalue weighted by Gasteiger charge is 2.20. The van der Waals surface area contributed by atoms with E-state index in [-0.39, 0.29) is 17.6 Å². The molecule has 9 heteroatoms. The molecule has 2 rings (SSSR count). The SMILES string of the molecule is CCCCC(NC(=O)CNC(=S)Nc1ccc2c(c1)OCCO2)C(=O)OC. The fourth-order valence-electron chi connectivity index (χ4n) is 2.50. The lowest BCUT2D eigenvalue weighted by Crippen LogP contribution is -2.46. The normalized spacial score (nSPS) is 13.3. The second-order valence-corrected chi connectivity index (χ2v) is 6.36. The first-order valence-electron chi connectivity index (χ1n) is 8.85. The van der Waals surface area contributed by atoms with Gasteiger partial charge >= 0.3 is 5.97 Å². The second kappa shape index (κ2) is 10.6. The van der Waals surface area contributed by atoms with Gasteiger partial charge in [-0.25, -0.2) is 4.79 Å². The van der Waals surface area contributed by atoms with Crippen molar-refractivity contribution >= 4 is 34.9 Å². The summed E-state index contributed by atoms with van der Waals surface area (Å²) in [6.07, 6.45) is 2.28. The Morgan fingerprint density at radius 2 is 2.00 bits per heavy atom. The third kappa shape index (κ3) is 6.59. The van der Waals surface area contributed by atoms with E-state index in [4.69, 9.17) is 26.4 Å². The van der Waals surface area contributed by atoms with Gasteiger partial charge in [0.2, 0.25) is 5.91 Å². The van der Waals surface area contributed by atoms with Gasteiger partial charge in [-0.3, -0.25) is 4.79 Å². The molecule has 1 heterocycles. The monoisotopic (exact) mass is 395 g/mol. The Hall–Kier alpha value is -2.55. The second-order valence-electron chi connectivity index (χ2n) is 5.95. The molecule has 1 aromatic carbocycles. The van der Waals surface area contributed by atoms with E-state index in [1.165, 1.54) is 7.11 Å². The van der Waals surface area contributed by atoms with E-state index in [2.05, 4.69) is 16.0 Å². The van der Waals surface area contributed by atoms with Crippen LogP contribution in [0.25, 0.3) is 0 Å². The molecule has 0 aromatic heterocycles. The zero-order chi connectivity index (χ0) is 19.6. The molecular formula is C18H25N3O5S. The molecule has 1 amide bonds. The number of esters is 1. The molecule has 0 fully saturated rings. The third-order valence-corrected chi connectivity index (χ3v) is 4.12. The van der Waals surface area contributed by atoms with Gasteiger partial charge in [0.05, 0.1) is 13.7 Å². The number of ether oxygens (including phenoxy) is 3. The highest BCUT2D eigenvalue weighted by atomic mass is 32.1. The zero-order valence-electron chi connectivity index (χ0n) is 15.5. The Morgan fingerprint density at radius 3 is 2.70 bits per heavy atom. The fourth-order valence-corrected chi connectivity index (χ4v) is 2.69. The average molecular weight is 395 g/mol. The summed E-state index contributed by atoms with van der Waals surface area (Å²) in [6.45, 7) is 2.98. The van der Waals surface area contributed by atoms with Crippen LogP contribution in [0.1, 0.15) is 26.2 Å². The van der Waals surface area contributed by atoms with Crippen molar-refractivity contribution in [2.45, 2.75) is 32.2 Å². The van der Waals surface area contributed by atoms with E-state index in [1.54, 1.807) is 18.2 Å². The van der Waals surface area contributed by atoms with Crippen molar-refractivity contribution in [1.29, 1.82) is 0 Å². The molecule has 27 heavy (non-hydrogen) atoms. The molecule has 148 valence electrons. The number of unbranched alkanes of at least 4 members (excludes halogenated alkanes) is 1. The Bertz CT molecular complexity index is 683. The number of carbonyl (C=O) groups is 2. The smallest absolute Gasteiger partial charge is 0.328 e. The number of hydrogen-bond donors (Lipinski definition) is 3. The lowest BCUT2D eigenvalue weighted by atomic mass is 10.1. The van der Waals surface area contributed by atoms with Crippen LogP contribution < -0.4 is 25.4 Å². The zero-order valence-corrected chi connectivity index (χ0v) is 16.3. The van der Waals surface area contributed by atoms with E-state index in [1.807, 2.05) is 6.92 Å². The van der Waals surface area contributed by atoms with Gasteiger partial charge in [0, 0.05) is 11.8 Å². The van der Waals surface area contributed by atoms with Crippen LogP contribution in [0.4, 0.5) is 5.69 Å². The Morgan fingerprint density at radius 1 is 1.26 bits per heavy atom. The summed E-state index contributed by atoms with van der Waals surface area (Å²) in [5.41, 5.74) is 0.715. The highest BCUT2D eigenvalue weighted by Crippen LogP contribution is 2.32. The molecule has 0 saturated heterocycles. The maximum atomic E-state index is 12.1. The van der Waals surface area contributed by atoms with Crippen LogP contribution in [0.15, 0.2) is 18.2 Å². The van der Waals surface area contributed by atoms with Gasteiger partial charge in [0.15, 0.2) is 16.6 Å². The number of benzene rings is 1. The van der Waals surface area contributed by atoms with Gasteiger partial charge in [-0.05, 0) is 30.8 Å². The minimum Gasteiger partial charge on any atom is -0.486 e. The molecule has 1 aromatic rings. The Kier molecular flexibility index (Phi) is 8.12. The van der Waals surface area contributed by atoms with Gasteiger partial charge in [0.1, 0.15) is 19.3 Å². The van der Waals surface area contributed by atoms with Crippen molar-refractivity contribution in [3.05, 3.63) is 18.2 Å². The van der Waals surface area contributed by atoms with Crippen LogP contribution in [-0.4, -0.2) is 49.9 Å². The summed E-state index contributed by atoms with van der Waals surface area (Å²) < 4.78 is 15.7. The van der Waals surface area contributed by atoms with Crippen LogP contribution in [-0.2, 0) is 14.3 Å². The average Bonchev–Trinajstić information content (AvgIpc) is 2.68. The van der Waals surface area contributed by atoms with Crippen LogP contribution >= 0.6 is 12.2 Å². The fraction of sp³-hybridized carbons (Fsp3) is 0.500. The quantitative estimate of drug-likeness (QED) is 0.451. The summed E-state index contributed by atoms with van der Waals surface area (Å²) in [7, 11) is 1.30. The van der Waals surface area contributed by atoms with Crippen LogP contribution in [0, 0.1) is 0 Å². The Labute approximate surface area is 163 Å². The van der Waals surface area contributed by atoms with Gasteiger partial charge in [-0.2, -0.15) is 0 Å². The predicted octanol–water partition coefficient (Wildman–Crippen LogP) is 1.59. The van der Waals surface area contributed by atoms with Crippen LogP contribution in [0.3, 0.4) is 0 Å². The van der Waals surface area contributed by atoms with Gasteiger partial charge in [-0.1, -0.05) is 19.8 Å². The molecule has 8 nitrogen and oxygen atoms in total. The number of hydrogen-bond acceptors (Lipinski definition) is 6. The molecule has 1 atom stereocenters. The van der Waals surface area contributed by atoms with Gasteiger partial charge in [0.25, 0.3) is 0 Å². The molecule has 0 radical (unpaired) electrons. The van der Waals surface area contributed by atoms with Crippen molar-refractivity contribution in [3.8, 4) is 11.5 Å². The van der Waals surface area contributed by atoms with E-state index in [9.17, 15) is 9.59 Å². The molecule has 0 aliphatic carbocycles. The number of thiocarbonyl (C=S) groups is 1. The van der Waals surface area contributed by atoms with Crippen molar-refractivity contribution in [2.24, 2.45) is 0 Å². The molecule has 3 N–H and O–H groups in total. The number of nitrogens with one attached hydrogen (secondary N) is 3. The number of fused-ring (bicyclic) bond motifs is 1. The first-order chi connectivity index (χ1) is 13.0. The largest absolute Gasteiger partial charge is 0.486 e. The first-order valence-corrected chi connectivity index (χ1v) is 9.26. The summed E-state index contributed by atoms with van der Waals surface area (Å²) in [6, 6.07) is 4.73. The van der Waals surface area contributed by atoms with Crippen molar-refractivity contribution in [1.82, 2.24) is 10.6 Å².